The van der Waals surface area contributed by atoms with Gasteiger partial charge in [0.05, 0.1) is 24.2 Å². The summed E-state index contributed by atoms with van der Waals surface area (Å²) >= 11 is 3.10. The number of thioether (sulfide) groups is 1. The normalized spacial score (nSPS) is 19.7. The number of carbonyl (C=O) groups is 1. The average Bonchev–Trinajstić information content (AvgIpc) is 3.36. The molecule has 2 aromatic heterocycles. The van der Waals surface area contributed by atoms with E-state index in [1.54, 1.807) is 18.0 Å². The van der Waals surface area contributed by atoms with Crippen molar-refractivity contribution in [2.75, 3.05) is 18.4 Å². The quantitative estimate of drug-likeness (QED) is 0.525. The van der Waals surface area contributed by atoms with E-state index in [2.05, 4.69) is 41.2 Å². The summed E-state index contributed by atoms with van der Waals surface area (Å²) in [6.45, 7) is 6.71. The number of amides is 1. The number of benzene rings is 1. The Morgan fingerprint density at radius 1 is 1.23 bits per heavy atom. The van der Waals surface area contributed by atoms with Gasteiger partial charge in [-0.3, -0.25) is 15.0 Å². The first-order valence-electron chi connectivity index (χ1n) is 9.94. The molecule has 0 saturated carbocycles. The van der Waals surface area contributed by atoms with Gasteiger partial charge in [-0.15, -0.1) is 23.1 Å². The van der Waals surface area contributed by atoms with Gasteiger partial charge in [0.2, 0.25) is 0 Å². The van der Waals surface area contributed by atoms with E-state index in [1.165, 1.54) is 11.3 Å². The standard InChI is InChI=1S/C22H25N3O3S2/c1-15-10-25(11-16(2)28-15)12-18-14-30-22(23-18)24-21(26)20-17(8-9-27-20)13-29-19-6-4-3-5-7-19/h3-9,14-16H,10-13H2,1-2H3,(H,23,24,26). The second-order valence-electron chi connectivity index (χ2n) is 7.43. The van der Waals surface area contributed by atoms with Crippen LogP contribution < -0.4 is 5.32 Å². The fourth-order valence-electron chi connectivity index (χ4n) is 3.56. The Kier molecular flexibility index (Phi) is 6.89. The van der Waals surface area contributed by atoms with Crippen molar-refractivity contribution in [1.29, 1.82) is 0 Å². The van der Waals surface area contributed by atoms with Crippen LogP contribution in [-0.4, -0.2) is 41.1 Å². The average molecular weight is 444 g/mol. The fourth-order valence-corrected chi connectivity index (χ4v) is 5.16. The highest BCUT2D eigenvalue weighted by atomic mass is 32.2. The first-order chi connectivity index (χ1) is 14.6. The van der Waals surface area contributed by atoms with Gasteiger partial charge < -0.3 is 9.15 Å². The van der Waals surface area contributed by atoms with Crippen molar-refractivity contribution in [2.24, 2.45) is 0 Å². The number of furan rings is 1. The molecular formula is C22H25N3O3S2. The molecule has 1 saturated heterocycles. The van der Waals surface area contributed by atoms with E-state index in [0.29, 0.717) is 16.6 Å². The Balaban J connectivity index is 1.34. The molecule has 0 bridgehead atoms. The molecule has 0 radical (unpaired) electrons. The number of hydrogen-bond donors (Lipinski definition) is 1. The summed E-state index contributed by atoms with van der Waals surface area (Å²) in [5.74, 6) is 0.740. The summed E-state index contributed by atoms with van der Waals surface area (Å²) in [4.78, 5) is 20.8. The summed E-state index contributed by atoms with van der Waals surface area (Å²) < 4.78 is 11.3. The summed E-state index contributed by atoms with van der Waals surface area (Å²) in [6, 6.07) is 11.9. The van der Waals surface area contributed by atoms with Gasteiger partial charge in [-0.1, -0.05) is 18.2 Å². The molecule has 1 N–H and O–H groups in total. The van der Waals surface area contributed by atoms with E-state index in [4.69, 9.17) is 9.15 Å². The lowest BCUT2D eigenvalue weighted by Crippen LogP contribution is -2.44. The Bertz CT molecular complexity index is 963. The maximum absolute atomic E-state index is 12.7. The number of nitrogens with zero attached hydrogens (tertiary/aromatic N) is 2. The molecule has 2 atom stereocenters. The van der Waals surface area contributed by atoms with Gasteiger partial charge >= 0.3 is 0 Å². The predicted molar refractivity (Wildman–Crippen MR) is 120 cm³/mol. The molecule has 1 fully saturated rings. The van der Waals surface area contributed by atoms with Crippen LogP contribution in [-0.2, 0) is 17.0 Å². The Morgan fingerprint density at radius 2 is 2.00 bits per heavy atom. The van der Waals surface area contributed by atoms with Crippen molar-refractivity contribution in [3.63, 3.8) is 0 Å². The van der Waals surface area contributed by atoms with Crippen LogP contribution in [0.15, 0.2) is 57.4 Å². The van der Waals surface area contributed by atoms with Crippen LogP contribution >= 0.6 is 23.1 Å². The molecule has 8 heteroatoms. The van der Waals surface area contributed by atoms with Crippen LogP contribution in [0.4, 0.5) is 5.13 Å². The van der Waals surface area contributed by atoms with Crippen LogP contribution in [0.5, 0.6) is 0 Å². The molecule has 4 rings (SSSR count). The highest BCUT2D eigenvalue weighted by Crippen LogP contribution is 2.26. The molecule has 1 aromatic carbocycles. The second-order valence-corrected chi connectivity index (χ2v) is 9.33. The summed E-state index contributed by atoms with van der Waals surface area (Å²) in [5, 5.41) is 5.46. The third kappa shape index (κ3) is 5.51. The van der Waals surface area contributed by atoms with Crippen LogP contribution in [0.2, 0.25) is 0 Å². The lowest BCUT2D eigenvalue weighted by molar-refractivity contribution is -0.0707. The maximum Gasteiger partial charge on any atom is 0.293 e. The molecule has 0 aliphatic carbocycles. The van der Waals surface area contributed by atoms with E-state index >= 15 is 0 Å². The van der Waals surface area contributed by atoms with Gasteiger partial charge in [-0.2, -0.15) is 0 Å². The number of morpholine rings is 1. The highest BCUT2D eigenvalue weighted by Gasteiger charge is 2.23. The van der Waals surface area contributed by atoms with Crippen LogP contribution in [0.25, 0.3) is 0 Å². The topological polar surface area (TPSA) is 67.6 Å². The Hall–Kier alpha value is -2.13. The van der Waals surface area contributed by atoms with E-state index in [-0.39, 0.29) is 18.1 Å². The lowest BCUT2D eigenvalue weighted by atomic mass is 10.2. The summed E-state index contributed by atoms with van der Waals surface area (Å²) in [7, 11) is 0. The van der Waals surface area contributed by atoms with Crippen molar-refractivity contribution in [2.45, 2.75) is 43.2 Å². The lowest BCUT2D eigenvalue weighted by Gasteiger charge is -2.34. The van der Waals surface area contributed by atoms with Gasteiger partial charge in [0.1, 0.15) is 0 Å². The number of ether oxygens (including phenoxy) is 1. The minimum absolute atomic E-state index is 0.220. The highest BCUT2D eigenvalue weighted by molar-refractivity contribution is 7.98. The minimum atomic E-state index is -0.266. The number of hydrogen-bond acceptors (Lipinski definition) is 7. The number of rotatable bonds is 7. The molecule has 2 unspecified atom stereocenters. The molecule has 1 aliphatic heterocycles. The molecule has 1 amide bonds. The number of thiazole rings is 1. The minimum Gasteiger partial charge on any atom is -0.459 e. The molecule has 0 spiro atoms. The van der Waals surface area contributed by atoms with Gasteiger partial charge in [0, 0.05) is 41.2 Å². The number of nitrogens with one attached hydrogen (secondary N) is 1. The molecule has 30 heavy (non-hydrogen) atoms. The molecule has 158 valence electrons. The maximum atomic E-state index is 12.7. The van der Waals surface area contributed by atoms with Crippen molar-refractivity contribution < 1.29 is 13.9 Å². The first kappa shape index (κ1) is 21.1. The van der Waals surface area contributed by atoms with E-state index in [0.717, 1.165) is 35.8 Å². The zero-order valence-electron chi connectivity index (χ0n) is 17.0. The smallest absolute Gasteiger partial charge is 0.293 e. The molecule has 3 heterocycles. The van der Waals surface area contributed by atoms with Gasteiger partial charge in [-0.25, -0.2) is 4.98 Å². The Labute approximate surface area is 184 Å². The van der Waals surface area contributed by atoms with Crippen LogP contribution in [0.3, 0.4) is 0 Å². The van der Waals surface area contributed by atoms with Crippen molar-refractivity contribution in [3.8, 4) is 0 Å². The third-order valence-electron chi connectivity index (χ3n) is 4.74. The van der Waals surface area contributed by atoms with E-state index < -0.39 is 0 Å². The van der Waals surface area contributed by atoms with Gasteiger partial charge in [0.15, 0.2) is 10.9 Å². The third-order valence-corrected chi connectivity index (χ3v) is 6.61. The number of aromatic nitrogens is 1. The van der Waals surface area contributed by atoms with Crippen LogP contribution in [0, 0.1) is 0 Å². The second kappa shape index (κ2) is 9.78. The zero-order valence-corrected chi connectivity index (χ0v) is 18.7. The Morgan fingerprint density at radius 3 is 2.77 bits per heavy atom. The molecule has 1 aliphatic rings. The first-order valence-corrected chi connectivity index (χ1v) is 11.8. The zero-order chi connectivity index (χ0) is 20.9. The van der Waals surface area contributed by atoms with Crippen LogP contribution in [0.1, 0.15) is 35.7 Å². The molecule has 3 aromatic rings. The molecule has 6 nitrogen and oxygen atoms in total. The van der Waals surface area contributed by atoms with Crippen molar-refractivity contribution in [3.05, 3.63) is 65.1 Å². The molecular weight excluding hydrogens is 418 g/mol. The monoisotopic (exact) mass is 443 g/mol. The predicted octanol–water partition coefficient (Wildman–Crippen LogP) is 4.89. The van der Waals surface area contributed by atoms with Gasteiger partial charge in [0.25, 0.3) is 5.91 Å². The largest absolute Gasteiger partial charge is 0.459 e. The number of carbonyl (C=O) groups excluding carboxylic acids is 1. The summed E-state index contributed by atoms with van der Waals surface area (Å²) in [6.07, 6.45) is 2.00. The summed E-state index contributed by atoms with van der Waals surface area (Å²) in [5.41, 5.74) is 1.82. The fraction of sp³-hybridized carbons (Fsp3) is 0.364. The SMILES string of the molecule is CC1CN(Cc2csc(NC(=O)c3occc3CSc3ccccc3)n2)CC(C)O1. The van der Waals surface area contributed by atoms with E-state index in [9.17, 15) is 4.79 Å². The van der Waals surface area contributed by atoms with Gasteiger partial charge in [-0.05, 0) is 32.0 Å². The van der Waals surface area contributed by atoms with Crippen molar-refractivity contribution >= 4 is 34.1 Å². The van der Waals surface area contributed by atoms with E-state index in [1.807, 2.05) is 29.6 Å². The number of anilines is 1. The van der Waals surface area contributed by atoms with Crippen molar-refractivity contribution in [1.82, 2.24) is 9.88 Å².